The molecule has 0 fully saturated rings. The molecule has 0 unspecified atom stereocenters. The molecule has 0 aliphatic carbocycles. The SMILES string of the molecule is COc1nc(C)cnc1NS(=O)(=O)c1cccc(F)c1.COc1nc(C)cnc1NS(=O)(=O)c1ccccc1.COc1nc(C)cnc1NS(=O)(=O)c1ccccc1I. The third kappa shape index (κ3) is 12.8. The molecule has 3 N–H and O–H groups in total. The van der Waals surface area contributed by atoms with Gasteiger partial charge in [0.05, 0.1) is 66.8 Å². The van der Waals surface area contributed by atoms with Crippen molar-refractivity contribution in [1.29, 1.82) is 0 Å². The van der Waals surface area contributed by atoms with Crippen molar-refractivity contribution in [3.63, 3.8) is 0 Å². The van der Waals surface area contributed by atoms with Crippen LogP contribution in [0.25, 0.3) is 0 Å². The highest BCUT2D eigenvalue weighted by atomic mass is 127. The number of aromatic nitrogens is 6. The van der Waals surface area contributed by atoms with Crippen LogP contribution in [0.5, 0.6) is 17.6 Å². The minimum absolute atomic E-state index is 0.0463. The van der Waals surface area contributed by atoms with Gasteiger partial charge in [-0.15, -0.1) is 0 Å². The maximum absolute atomic E-state index is 13.1. The first-order valence-electron chi connectivity index (χ1n) is 16.7. The molecule has 0 radical (unpaired) electrons. The molecular weight excluding hydrogens is 945 g/mol. The van der Waals surface area contributed by atoms with Gasteiger partial charge in [-0.05, 0) is 85.8 Å². The van der Waals surface area contributed by atoms with Gasteiger partial charge in [-0.1, -0.05) is 36.4 Å². The van der Waals surface area contributed by atoms with Crippen molar-refractivity contribution in [2.24, 2.45) is 0 Å². The molecule has 0 atom stereocenters. The number of halogens is 2. The average Bonchev–Trinajstić information content (AvgIpc) is 3.20. The number of aryl methyl sites for hydroxylation is 3. The van der Waals surface area contributed by atoms with Crippen LogP contribution in [-0.4, -0.2) is 76.5 Å². The molecule has 0 spiro atoms. The van der Waals surface area contributed by atoms with Gasteiger partial charge in [0.15, 0.2) is 0 Å². The fraction of sp³-hybridized carbons (Fsp3) is 0.167. The molecule has 6 aromatic rings. The van der Waals surface area contributed by atoms with E-state index in [-0.39, 0.29) is 49.8 Å². The first kappa shape index (κ1) is 45.9. The smallest absolute Gasteiger partial charge is 0.264 e. The molecule has 0 aliphatic heterocycles. The lowest BCUT2D eigenvalue weighted by Gasteiger charge is -2.11. The number of rotatable bonds is 12. The number of methoxy groups -OCH3 is 3. The summed E-state index contributed by atoms with van der Waals surface area (Å²) in [7, 11) is -7.21. The van der Waals surface area contributed by atoms with Crippen LogP contribution < -0.4 is 28.4 Å². The highest BCUT2D eigenvalue weighted by molar-refractivity contribution is 14.1. The largest absolute Gasteiger partial charge is 0.478 e. The van der Waals surface area contributed by atoms with E-state index >= 15 is 0 Å². The summed E-state index contributed by atoms with van der Waals surface area (Å²) in [4.78, 5) is 24.2. The zero-order valence-corrected chi connectivity index (χ0v) is 36.7. The van der Waals surface area contributed by atoms with Gasteiger partial charge in [-0.25, -0.2) is 59.5 Å². The standard InChI is InChI=1S/C12H12FN3O3S.C12H12IN3O3S.C12H13N3O3S/c1-8-7-14-11(12(15-8)19-2)16-20(17,18)10-5-3-4-9(13)6-10;1-8-7-14-11(12(15-8)19-2)16-20(17,18)10-6-4-3-5-9(10)13;1-9-8-13-11(12(14-9)18-2)15-19(16,17)10-6-4-3-5-7-10/h2*3-7H,1-2H3,(H,14,16);3-8H,1-2H3,(H,13,15). The molecule has 3 aromatic carbocycles. The summed E-state index contributed by atoms with van der Waals surface area (Å²) >= 11 is 1.97. The fourth-order valence-corrected chi connectivity index (χ4v) is 8.86. The van der Waals surface area contributed by atoms with Gasteiger partial charge in [0.25, 0.3) is 47.7 Å². The van der Waals surface area contributed by atoms with E-state index in [2.05, 4.69) is 44.1 Å². The first-order chi connectivity index (χ1) is 27.9. The van der Waals surface area contributed by atoms with Gasteiger partial charge in [0.2, 0.25) is 17.5 Å². The summed E-state index contributed by atoms with van der Waals surface area (Å²) in [5.41, 5.74) is 1.86. The molecule has 6 rings (SSSR count). The molecule has 0 aliphatic rings. The quantitative estimate of drug-likeness (QED) is 0.128. The molecule has 312 valence electrons. The van der Waals surface area contributed by atoms with Crippen molar-refractivity contribution < 1.29 is 43.9 Å². The summed E-state index contributed by atoms with van der Waals surface area (Å²) in [5.74, 6) is -0.240. The number of sulfonamides is 3. The van der Waals surface area contributed by atoms with Crippen LogP contribution >= 0.6 is 22.6 Å². The van der Waals surface area contributed by atoms with Crippen molar-refractivity contribution in [2.45, 2.75) is 35.5 Å². The summed E-state index contributed by atoms with van der Waals surface area (Å²) < 4.78 is 109. The first-order valence-corrected chi connectivity index (χ1v) is 22.2. The Kier molecular flexibility index (Phi) is 15.8. The van der Waals surface area contributed by atoms with E-state index in [9.17, 15) is 29.6 Å². The molecule has 3 heterocycles. The Balaban J connectivity index is 0.000000196. The molecule has 3 aromatic heterocycles. The normalized spacial score (nSPS) is 11.1. The number of hydrogen-bond donors (Lipinski definition) is 3. The maximum Gasteiger partial charge on any atom is 0.264 e. The van der Waals surface area contributed by atoms with Crippen molar-refractivity contribution in [3.8, 4) is 17.6 Å². The zero-order valence-electron chi connectivity index (χ0n) is 32.1. The van der Waals surface area contributed by atoms with Crippen LogP contribution in [0.3, 0.4) is 0 Å². The Bertz CT molecular complexity index is 2740. The zero-order chi connectivity index (χ0) is 43.4. The lowest BCUT2D eigenvalue weighted by atomic mass is 10.4. The lowest BCUT2D eigenvalue weighted by Crippen LogP contribution is -2.16. The predicted octanol–water partition coefficient (Wildman–Crippen LogP) is 5.53. The summed E-state index contributed by atoms with van der Waals surface area (Å²) in [6.45, 7) is 5.18. The Morgan fingerprint density at radius 1 is 0.525 bits per heavy atom. The third-order valence-corrected chi connectivity index (χ3v) is 12.5. The van der Waals surface area contributed by atoms with Crippen LogP contribution in [0.4, 0.5) is 21.8 Å². The van der Waals surface area contributed by atoms with E-state index in [1.165, 1.54) is 70.3 Å². The Labute approximate surface area is 354 Å². The molecule has 23 heteroatoms. The van der Waals surface area contributed by atoms with Crippen molar-refractivity contribution in [2.75, 3.05) is 35.5 Å². The summed E-state index contributed by atoms with van der Waals surface area (Å²) in [6.07, 6.45) is 4.33. The summed E-state index contributed by atoms with van der Waals surface area (Å²) in [5, 5.41) is 0. The van der Waals surface area contributed by atoms with Gasteiger partial charge >= 0.3 is 0 Å². The number of nitrogens with zero attached hydrogens (tertiary/aromatic N) is 6. The van der Waals surface area contributed by atoms with Gasteiger partial charge in [0.1, 0.15) is 10.7 Å². The number of hydrogen-bond acceptors (Lipinski definition) is 15. The lowest BCUT2D eigenvalue weighted by molar-refractivity contribution is 0.397. The second kappa shape index (κ2) is 20.3. The minimum atomic E-state index is -3.95. The highest BCUT2D eigenvalue weighted by Gasteiger charge is 2.22. The van der Waals surface area contributed by atoms with Gasteiger partial charge in [-0.2, -0.15) is 0 Å². The molecule has 59 heavy (non-hydrogen) atoms. The molecule has 0 saturated carbocycles. The van der Waals surface area contributed by atoms with Gasteiger partial charge in [-0.3, -0.25) is 14.2 Å². The van der Waals surface area contributed by atoms with E-state index in [4.69, 9.17) is 14.2 Å². The second-order valence-electron chi connectivity index (χ2n) is 11.6. The number of anilines is 3. The highest BCUT2D eigenvalue weighted by Crippen LogP contribution is 2.26. The van der Waals surface area contributed by atoms with Crippen LogP contribution in [0, 0.1) is 30.2 Å². The minimum Gasteiger partial charge on any atom is -0.478 e. The Morgan fingerprint density at radius 2 is 0.915 bits per heavy atom. The maximum atomic E-state index is 13.1. The van der Waals surface area contributed by atoms with Crippen molar-refractivity contribution in [1.82, 2.24) is 29.9 Å². The van der Waals surface area contributed by atoms with Gasteiger partial charge < -0.3 is 14.2 Å². The van der Waals surface area contributed by atoms with E-state index in [0.717, 1.165) is 12.1 Å². The fourth-order valence-electron chi connectivity index (χ4n) is 4.45. The Morgan fingerprint density at radius 3 is 1.34 bits per heavy atom. The van der Waals surface area contributed by atoms with E-state index in [1.54, 1.807) is 57.2 Å². The predicted molar refractivity (Wildman–Crippen MR) is 224 cm³/mol. The number of ether oxygens (including phenoxy) is 3. The average molecular weight is 982 g/mol. The van der Waals surface area contributed by atoms with E-state index < -0.39 is 35.9 Å². The van der Waals surface area contributed by atoms with Crippen LogP contribution in [0.2, 0.25) is 0 Å². The number of nitrogens with one attached hydrogen (secondary N) is 3. The van der Waals surface area contributed by atoms with E-state index in [1.807, 2.05) is 22.6 Å². The monoisotopic (exact) mass is 981 g/mol. The molecule has 0 bridgehead atoms. The van der Waals surface area contributed by atoms with Gasteiger partial charge in [0, 0.05) is 3.57 Å². The molecule has 0 saturated heterocycles. The van der Waals surface area contributed by atoms with E-state index in [0.29, 0.717) is 20.7 Å². The topological polar surface area (TPSA) is 244 Å². The van der Waals surface area contributed by atoms with Crippen molar-refractivity contribution in [3.05, 3.63) is 124 Å². The summed E-state index contributed by atoms with van der Waals surface area (Å²) in [6, 6.07) is 19.4. The third-order valence-electron chi connectivity index (χ3n) is 7.14. The van der Waals surface area contributed by atoms with Crippen LogP contribution in [-0.2, 0) is 30.1 Å². The Hall–Kier alpha value is -5.79. The second-order valence-corrected chi connectivity index (χ2v) is 17.8. The van der Waals surface area contributed by atoms with Crippen LogP contribution in [0.1, 0.15) is 17.1 Å². The van der Waals surface area contributed by atoms with Crippen molar-refractivity contribution >= 4 is 70.1 Å². The molecular formula is C36H37FIN9O9S3. The molecule has 0 amide bonds. The van der Waals surface area contributed by atoms with Crippen LogP contribution in [0.15, 0.2) is 112 Å². The number of benzene rings is 3. The molecule has 18 nitrogen and oxygen atoms in total.